The van der Waals surface area contributed by atoms with E-state index in [2.05, 4.69) is 15.9 Å². The highest BCUT2D eigenvalue weighted by molar-refractivity contribution is 5.73. The third-order valence-electron chi connectivity index (χ3n) is 5.99. The Morgan fingerprint density at radius 1 is 1.03 bits per heavy atom. The van der Waals surface area contributed by atoms with Gasteiger partial charge >= 0.3 is 24.3 Å². The maximum Gasteiger partial charge on any atom is 0.490 e. The molecular formula is C21H28F6N2O6. The summed E-state index contributed by atoms with van der Waals surface area (Å²) in [6.45, 7) is 6.79. The topological polar surface area (TPSA) is 103 Å². The number of aliphatic carboxylic acids is 2. The van der Waals surface area contributed by atoms with Crippen LogP contribution >= 0.6 is 0 Å². The van der Waals surface area contributed by atoms with Gasteiger partial charge in [0.15, 0.2) is 0 Å². The number of carboxylic acid groups (broad SMARTS) is 2. The van der Waals surface area contributed by atoms with Crippen molar-refractivity contribution < 1.29 is 55.3 Å². The number of rotatable bonds is 3. The average molecular weight is 518 g/mol. The van der Waals surface area contributed by atoms with Crippen molar-refractivity contribution in [3.05, 3.63) is 24.2 Å². The van der Waals surface area contributed by atoms with Gasteiger partial charge in [0.2, 0.25) is 0 Å². The lowest BCUT2D eigenvalue weighted by Gasteiger charge is -2.41. The molecule has 3 fully saturated rings. The first-order valence-corrected chi connectivity index (χ1v) is 10.9. The van der Waals surface area contributed by atoms with Crippen molar-refractivity contribution in [2.75, 3.05) is 32.8 Å². The Hall–Kier alpha value is -2.32. The maximum absolute atomic E-state index is 10.6. The number of likely N-dealkylation sites (tertiary alicyclic amines) is 2. The van der Waals surface area contributed by atoms with Crippen LogP contribution in [0.15, 0.2) is 23.0 Å². The molecule has 14 heteroatoms. The minimum Gasteiger partial charge on any atom is -0.475 e. The molecule has 8 nitrogen and oxygen atoms in total. The fourth-order valence-electron chi connectivity index (χ4n) is 4.41. The minimum absolute atomic E-state index is 0.120. The highest BCUT2D eigenvalue weighted by Crippen LogP contribution is 2.37. The van der Waals surface area contributed by atoms with Gasteiger partial charge in [0.05, 0.1) is 18.1 Å². The molecule has 2 N–H and O–H groups in total. The number of halogens is 6. The van der Waals surface area contributed by atoms with E-state index in [-0.39, 0.29) is 5.60 Å². The second-order valence-electron chi connectivity index (χ2n) is 8.62. The van der Waals surface area contributed by atoms with Crippen LogP contribution in [-0.4, -0.2) is 88.7 Å². The van der Waals surface area contributed by atoms with Gasteiger partial charge in [0.1, 0.15) is 0 Å². The molecule has 0 saturated carbocycles. The van der Waals surface area contributed by atoms with Crippen LogP contribution in [0.1, 0.15) is 37.7 Å². The lowest BCUT2D eigenvalue weighted by atomic mass is 9.89. The Balaban J connectivity index is 0.000000257. The second-order valence-corrected chi connectivity index (χ2v) is 8.62. The Kier molecular flexibility index (Phi) is 9.98. The molecule has 4 heterocycles. The molecule has 0 bridgehead atoms. The maximum atomic E-state index is 10.6. The monoisotopic (exact) mass is 518 g/mol. The van der Waals surface area contributed by atoms with Crippen LogP contribution in [-0.2, 0) is 20.9 Å². The summed E-state index contributed by atoms with van der Waals surface area (Å²) in [5.41, 5.74) is 1.40. The summed E-state index contributed by atoms with van der Waals surface area (Å²) >= 11 is 0. The van der Waals surface area contributed by atoms with Crippen molar-refractivity contribution in [3.8, 4) is 0 Å². The van der Waals surface area contributed by atoms with Gasteiger partial charge in [0.25, 0.3) is 0 Å². The van der Waals surface area contributed by atoms with E-state index in [1.807, 2.05) is 6.26 Å². The summed E-state index contributed by atoms with van der Waals surface area (Å²) < 4.78 is 74.9. The Morgan fingerprint density at radius 2 is 1.60 bits per heavy atom. The van der Waals surface area contributed by atoms with E-state index in [0.717, 1.165) is 32.3 Å². The molecule has 4 rings (SSSR count). The number of hydrogen-bond donors (Lipinski definition) is 2. The zero-order valence-corrected chi connectivity index (χ0v) is 18.8. The predicted octanol–water partition coefficient (Wildman–Crippen LogP) is 3.77. The van der Waals surface area contributed by atoms with Crippen LogP contribution in [0.25, 0.3) is 0 Å². The molecule has 3 aliphatic heterocycles. The van der Waals surface area contributed by atoms with Crippen molar-refractivity contribution in [1.29, 1.82) is 0 Å². The molecule has 200 valence electrons. The first-order valence-electron chi connectivity index (χ1n) is 10.9. The molecule has 1 aromatic heterocycles. The Bertz CT molecular complexity index is 786. The molecule has 1 spiro atoms. The fourth-order valence-corrected chi connectivity index (χ4v) is 4.41. The summed E-state index contributed by atoms with van der Waals surface area (Å²) in [7, 11) is 0. The standard InChI is InChI=1S/C17H26N2O2.2C2HF3O2/c1-2-7-19(6-1)16-4-10-21-17(11-16)5-8-18(14-17)12-15-3-9-20-13-15;2*3-2(4,5)1(6)7/h3,9,13,16H,1-2,4-8,10-12,14H2;2*(H,6,7)/t16-,17-;;/m1../s1. The zero-order valence-electron chi connectivity index (χ0n) is 18.8. The molecule has 2 atom stereocenters. The molecule has 0 unspecified atom stereocenters. The van der Waals surface area contributed by atoms with Gasteiger partial charge in [-0.1, -0.05) is 0 Å². The van der Waals surface area contributed by atoms with Crippen molar-refractivity contribution >= 4 is 11.9 Å². The quantitative estimate of drug-likeness (QED) is 0.584. The lowest BCUT2D eigenvalue weighted by molar-refractivity contribution is -0.193. The molecule has 0 aromatic carbocycles. The van der Waals surface area contributed by atoms with Gasteiger partial charge < -0.3 is 24.3 Å². The highest BCUT2D eigenvalue weighted by Gasteiger charge is 2.44. The van der Waals surface area contributed by atoms with Crippen LogP contribution in [0.2, 0.25) is 0 Å². The van der Waals surface area contributed by atoms with E-state index < -0.39 is 24.3 Å². The number of ether oxygens (including phenoxy) is 1. The molecule has 1 aromatic rings. The van der Waals surface area contributed by atoms with E-state index in [4.69, 9.17) is 29.0 Å². The van der Waals surface area contributed by atoms with Gasteiger partial charge in [-0.05, 0) is 51.3 Å². The third kappa shape index (κ3) is 9.33. The van der Waals surface area contributed by atoms with Gasteiger partial charge in [-0.3, -0.25) is 4.90 Å². The largest absolute Gasteiger partial charge is 0.490 e. The molecule has 0 aliphatic carbocycles. The number of carboxylic acids is 2. The molecule has 0 radical (unpaired) electrons. The van der Waals surface area contributed by atoms with Crippen LogP contribution in [0.3, 0.4) is 0 Å². The number of nitrogens with zero attached hydrogens (tertiary/aromatic N) is 2. The minimum atomic E-state index is -5.08. The predicted molar refractivity (Wildman–Crippen MR) is 108 cm³/mol. The summed E-state index contributed by atoms with van der Waals surface area (Å²) in [5.74, 6) is -5.51. The van der Waals surface area contributed by atoms with Crippen LogP contribution in [0, 0.1) is 0 Å². The summed E-state index contributed by atoms with van der Waals surface area (Å²) in [6, 6.07) is 2.83. The fraction of sp³-hybridized carbons (Fsp3) is 0.714. The van der Waals surface area contributed by atoms with E-state index in [1.165, 1.54) is 50.8 Å². The Labute approximate surface area is 197 Å². The number of carbonyl (C=O) groups is 2. The van der Waals surface area contributed by atoms with E-state index >= 15 is 0 Å². The first kappa shape index (κ1) is 28.9. The molecule has 3 aliphatic rings. The molecule has 0 amide bonds. The van der Waals surface area contributed by atoms with Gasteiger partial charge in [0, 0.05) is 37.8 Å². The first-order chi connectivity index (χ1) is 16.2. The number of furan rings is 1. The summed E-state index contributed by atoms with van der Waals surface area (Å²) in [6.07, 6.45) is -0.122. The van der Waals surface area contributed by atoms with Gasteiger partial charge in [-0.15, -0.1) is 0 Å². The normalized spacial score (nSPS) is 25.5. The SMILES string of the molecule is O=C(O)C(F)(F)F.O=C(O)C(F)(F)F.c1cc(CN2CC[C@@]3(C[C@H](N4CCCC4)CCO3)C2)co1. The van der Waals surface area contributed by atoms with Crippen molar-refractivity contribution in [3.63, 3.8) is 0 Å². The lowest BCUT2D eigenvalue weighted by Crippen LogP contribution is -2.49. The molecular weight excluding hydrogens is 490 g/mol. The number of hydrogen-bond acceptors (Lipinski definition) is 6. The smallest absolute Gasteiger partial charge is 0.475 e. The van der Waals surface area contributed by atoms with Crippen LogP contribution < -0.4 is 0 Å². The number of alkyl halides is 6. The summed E-state index contributed by atoms with van der Waals surface area (Å²) in [5, 5.41) is 14.2. The van der Waals surface area contributed by atoms with Crippen molar-refractivity contribution in [2.24, 2.45) is 0 Å². The Morgan fingerprint density at radius 3 is 2.09 bits per heavy atom. The van der Waals surface area contributed by atoms with Crippen LogP contribution in [0.4, 0.5) is 26.3 Å². The van der Waals surface area contributed by atoms with E-state index in [1.54, 1.807) is 6.26 Å². The molecule has 3 saturated heterocycles. The van der Waals surface area contributed by atoms with Gasteiger partial charge in [-0.25, -0.2) is 9.59 Å². The third-order valence-corrected chi connectivity index (χ3v) is 5.99. The van der Waals surface area contributed by atoms with Crippen LogP contribution in [0.5, 0.6) is 0 Å². The highest BCUT2D eigenvalue weighted by atomic mass is 19.4. The molecule has 35 heavy (non-hydrogen) atoms. The van der Waals surface area contributed by atoms with Crippen molar-refractivity contribution in [2.45, 2.75) is 62.6 Å². The summed E-state index contributed by atoms with van der Waals surface area (Å²) in [4.78, 5) is 23.0. The van der Waals surface area contributed by atoms with E-state index in [0.29, 0.717) is 0 Å². The van der Waals surface area contributed by atoms with Crippen molar-refractivity contribution in [1.82, 2.24) is 9.80 Å². The second kappa shape index (κ2) is 12.1. The zero-order chi connectivity index (χ0) is 26.3. The van der Waals surface area contributed by atoms with E-state index in [9.17, 15) is 26.3 Å². The average Bonchev–Trinajstić information content (AvgIpc) is 3.51. The van der Waals surface area contributed by atoms with Gasteiger partial charge in [-0.2, -0.15) is 26.3 Å².